The van der Waals surface area contributed by atoms with Gasteiger partial charge in [0.25, 0.3) is 0 Å². The molecule has 1 aromatic carbocycles. The van der Waals surface area contributed by atoms with Gasteiger partial charge in [-0.25, -0.2) is 4.98 Å². The van der Waals surface area contributed by atoms with E-state index in [4.69, 9.17) is 10.2 Å². The fraction of sp³-hybridized carbons (Fsp3) is 0.182. The molecule has 0 aliphatic rings. The van der Waals surface area contributed by atoms with Crippen molar-refractivity contribution in [3.05, 3.63) is 36.2 Å². The van der Waals surface area contributed by atoms with Crippen molar-refractivity contribution in [1.82, 2.24) is 4.98 Å². The van der Waals surface area contributed by atoms with E-state index in [0.29, 0.717) is 17.1 Å². The molecular weight excluding hydrogens is 230 g/mol. The van der Waals surface area contributed by atoms with E-state index in [0.717, 1.165) is 0 Å². The third-order valence-electron chi connectivity index (χ3n) is 2.09. The van der Waals surface area contributed by atoms with Gasteiger partial charge in [-0.15, -0.1) is 0 Å². The van der Waals surface area contributed by atoms with Crippen molar-refractivity contribution in [2.24, 2.45) is 5.73 Å². The Morgan fingerprint density at radius 2 is 2.00 bits per heavy atom. The first kappa shape index (κ1) is 11.5. The monoisotopic (exact) mass is 240 g/mol. The summed E-state index contributed by atoms with van der Waals surface area (Å²) < 4.78 is 33.3. The van der Waals surface area contributed by atoms with Crippen LogP contribution in [0.15, 0.2) is 34.9 Å². The number of nitrogens with two attached hydrogens (primary N) is 1. The maximum absolute atomic E-state index is 11.9. The fourth-order valence-corrected chi connectivity index (χ4v) is 1.31. The largest absolute Gasteiger partial charge is 0.444 e. The molecule has 1 heterocycles. The molecule has 0 saturated heterocycles. The highest BCUT2D eigenvalue weighted by Gasteiger charge is 2.07. The van der Waals surface area contributed by atoms with E-state index in [1.54, 1.807) is 12.1 Å². The molecular formula is C11H10F2N2O2. The number of benzene rings is 1. The molecule has 0 atom stereocenters. The summed E-state index contributed by atoms with van der Waals surface area (Å²) in [7, 11) is 0. The Morgan fingerprint density at radius 3 is 2.53 bits per heavy atom. The second kappa shape index (κ2) is 4.92. The highest BCUT2D eigenvalue weighted by atomic mass is 19.3. The molecule has 0 bridgehead atoms. The molecule has 2 rings (SSSR count). The number of ether oxygens (including phenoxy) is 1. The van der Waals surface area contributed by atoms with Crippen LogP contribution in [0.1, 0.15) is 5.69 Å². The van der Waals surface area contributed by atoms with E-state index < -0.39 is 6.61 Å². The average Bonchev–Trinajstić information content (AvgIpc) is 2.78. The minimum absolute atomic E-state index is 0.0920. The van der Waals surface area contributed by atoms with E-state index in [-0.39, 0.29) is 12.3 Å². The predicted octanol–water partition coefficient (Wildman–Crippen LogP) is 2.40. The summed E-state index contributed by atoms with van der Waals surface area (Å²) in [5, 5.41) is 0. The Morgan fingerprint density at radius 1 is 1.29 bits per heavy atom. The summed E-state index contributed by atoms with van der Waals surface area (Å²) in [4.78, 5) is 4.11. The third-order valence-corrected chi connectivity index (χ3v) is 2.09. The van der Waals surface area contributed by atoms with Crippen LogP contribution in [0, 0.1) is 0 Å². The predicted molar refractivity (Wildman–Crippen MR) is 56.5 cm³/mol. The van der Waals surface area contributed by atoms with Crippen molar-refractivity contribution >= 4 is 0 Å². The van der Waals surface area contributed by atoms with Gasteiger partial charge in [0.1, 0.15) is 12.0 Å². The Bertz CT molecular complexity index is 482. The maximum Gasteiger partial charge on any atom is 0.387 e. The summed E-state index contributed by atoms with van der Waals surface area (Å²) >= 11 is 0. The van der Waals surface area contributed by atoms with Gasteiger partial charge in [-0.1, -0.05) is 0 Å². The van der Waals surface area contributed by atoms with Crippen molar-refractivity contribution in [3.63, 3.8) is 0 Å². The lowest BCUT2D eigenvalue weighted by molar-refractivity contribution is -0.0498. The van der Waals surface area contributed by atoms with E-state index in [9.17, 15) is 8.78 Å². The van der Waals surface area contributed by atoms with Crippen molar-refractivity contribution in [1.29, 1.82) is 0 Å². The van der Waals surface area contributed by atoms with Crippen molar-refractivity contribution in [2.75, 3.05) is 0 Å². The summed E-state index contributed by atoms with van der Waals surface area (Å²) in [6, 6.07) is 6.02. The zero-order chi connectivity index (χ0) is 12.3. The minimum Gasteiger partial charge on any atom is -0.444 e. The van der Waals surface area contributed by atoms with Crippen LogP contribution in [-0.2, 0) is 6.54 Å². The first-order valence-electron chi connectivity index (χ1n) is 4.89. The molecule has 0 fully saturated rings. The number of aromatic nitrogens is 1. The molecule has 1 aromatic heterocycles. The van der Waals surface area contributed by atoms with E-state index >= 15 is 0 Å². The Labute approximate surface area is 96.0 Å². The SMILES string of the molecule is NCc1coc(-c2ccc(OC(F)F)cc2)n1. The fourth-order valence-electron chi connectivity index (χ4n) is 1.31. The van der Waals surface area contributed by atoms with Crippen molar-refractivity contribution in [3.8, 4) is 17.2 Å². The standard InChI is InChI=1S/C11H10F2N2O2/c12-11(13)17-9-3-1-7(2-4-9)10-15-8(5-14)6-16-10/h1-4,6,11H,5,14H2. The molecule has 17 heavy (non-hydrogen) atoms. The van der Waals surface area contributed by atoms with Gasteiger partial charge in [-0.2, -0.15) is 8.78 Å². The van der Waals surface area contributed by atoms with Gasteiger partial charge < -0.3 is 14.9 Å². The number of nitrogens with zero attached hydrogens (tertiary/aromatic N) is 1. The zero-order valence-electron chi connectivity index (χ0n) is 8.77. The second-order valence-corrected chi connectivity index (χ2v) is 3.25. The van der Waals surface area contributed by atoms with E-state index in [1.807, 2.05) is 0 Å². The molecule has 90 valence electrons. The summed E-state index contributed by atoms with van der Waals surface area (Å²) in [6.45, 7) is -2.54. The normalized spacial score (nSPS) is 10.8. The van der Waals surface area contributed by atoms with Crippen LogP contribution in [0.4, 0.5) is 8.78 Å². The van der Waals surface area contributed by atoms with Gasteiger partial charge in [0.15, 0.2) is 0 Å². The van der Waals surface area contributed by atoms with Crippen LogP contribution in [0.2, 0.25) is 0 Å². The Kier molecular flexibility index (Phi) is 3.34. The number of rotatable bonds is 4. The molecule has 0 amide bonds. The average molecular weight is 240 g/mol. The van der Waals surface area contributed by atoms with Gasteiger partial charge in [0.2, 0.25) is 5.89 Å². The number of halogens is 2. The van der Waals surface area contributed by atoms with Gasteiger partial charge in [0, 0.05) is 12.1 Å². The van der Waals surface area contributed by atoms with Gasteiger partial charge in [-0.05, 0) is 24.3 Å². The highest BCUT2D eigenvalue weighted by Crippen LogP contribution is 2.22. The Balaban J connectivity index is 2.17. The number of oxazole rings is 1. The highest BCUT2D eigenvalue weighted by molar-refractivity contribution is 5.54. The molecule has 2 aromatic rings. The zero-order valence-corrected chi connectivity index (χ0v) is 8.77. The lowest BCUT2D eigenvalue weighted by Gasteiger charge is -2.03. The minimum atomic E-state index is -2.83. The van der Waals surface area contributed by atoms with Gasteiger partial charge >= 0.3 is 6.61 Å². The molecule has 0 radical (unpaired) electrons. The topological polar surface area (TPSA) is 61.3 Å². The molecule has 0 saturated carbocycles. The molecule has 0 spiro atoms. The summed E-state index contributed by atoms with van der Waals surface area (Å²) in [6.07, 6.45) is 1.46. The second-order valence-electron chi connectivity index (χ2n) is 3.25. The van der Waals surface area contributed by atoms with Gasteiger partial charge in [-0.3, -0.25) is 0 Å². The maximum atomic E-state index is 11.9. The van der Waals surface area contributed by atoms with Crippen LogP contribution in [0.25, 0.3) is 11.5 Å². The quantitative estimate of drug-likeness (QED) is 0.891. The first-order chi connectivity index (χ1) is 8.19. The lowest BCUT2D eigenvalue weighted by Crippen LogP contribution is -2.01. The van der Waals surface area contributed by atoms with Crippen LogP contribution in [0.3, 0.4) is 0 Å². The number of hydrogen-bond donors (Lipinski definition) is 1. The molecule has 0 aliphatic carbocycles. The summed E-state index contributed by atoms with van der Waals surface area (Å²) in [5.74, 6) is 0.489. The van der Waals surface area contributed by atoms with Crippen molar-refractivity contribution in [2.45, 2.75) is 13.2 Å². The number of alkyl halides is 2. The van der Waals surface area contributed by atoms with Crippen LogP contribution >= 0.6 is 0 Å². The van der Waals surface area contributed by atoms with E-state index in [2.05, 4.69) is 9.72 Å². The van der Waals surface area contributed by atoms with Crippen molar-refractivity contribution < 1.29 is 17.9 Å². The smallest absolute Gasteiger partial charge is 0.387 e. The molecule has 0 unspecified atom stereocenters. The Hall–Kier alpha value is -1.95. The van der Waals surface area contributed by atoms with Crippen LogP contribution in [0.5, 0.6) is 5.75 Å². The third kappa shape index (κ3) is 2.79. The first-order valence-corrected chi connectivity index (χ1v) is 4.89. The van der Waals surface area contributed by atoms with Crippen LogP contribution < -0.4 is 10.5 Å². The molecule has 2 N–H and O–H groups in total. The number of hydrogen-bond acceptors (Lipinski definition) is 4. The molecule has 0 aliphatic heterocycles. The van der Waals surface area contributed by atoms with Crippen LogP contribution in [-0.4, -0.2) is 11.6 Å². The molecule has 4 nitrogen and oxygen atoms in total. The lowest BCUT2D eigenvalue weighted by atomic mass is 10.2. The van der Waals surface area contributed by atoms with Gasteiger partial charge in [0.05, 0.1) is 5.69 Å². The van der Waals surface area contributed by atoms with E-state index in [1.165, 1.54) is 18.4 Å². The summed E-state index contributed by atoms with van der Waals surface area (Å²) in [5.41, 5.74) is 6.70. The molecule has 6 heteroatoms.